The van der Waals surface area contributed by atoms with E-state index in [1.165, 1.54) is 7.05 Å². The number of aliphatic hydroxyl groups excluding tert-OH is 2. The molecule has 0 aromatic carbocycles. The highest BCUT2D eigenvalue weighted by molar-refractivity contribution is 5.83. The van der Waals surface area contributed by atoms with E-state index in [1.807, 2.05) is 0 Å². The van der Waals surface area contributed by atoms with Crippen molar-refractivity contribution in [1.82, 2.24) is 10.6 Å². The summed E-state index contributed by atoms with van der Waals surface area (Å²) in [6.07, 6.45) is -0.764. The zero-order chi connectivity index (χ0) is 8.43. The largest absolute Gasteiger partial charge is 0.395 e. The molecule has 5 nitrogen and oxygen atoms in total. The molecule has 1 aliphatic rings. The fourth-order valence-electron chi connectivity index (χ4n) is 1.09. The van der Waals surface area contributed by atoms with E-state index in [0.717, 1.165) is 0 Å². The van der Waals surface area contributed by atoms with Crippen LogP contribution in [0.15, 0.2) is 0 Å². The topological polar surface area (TPSA) is 81.6 Å². The first kappa shape index (κ1) is 8.45. The Labute approximate surface area is 64.4 Å². The number of aliphatic hydroxyl groups is 2. The van der Waals surface area contributed by atoms with Crippen LogP contribution in [0.1, 0.15) is 0 Å². The molecule has 0 bridgehead atoms. The van der Waals surface area contributed by atoms with Gasteiger partial charge in [-0.3, -0.25) is 10.1 Å². The van der Waals surface area contributed by atoms with Gasteiger partial charge in [-0.15, -0.1) is 0 Å². The van der Waals surface area contributed by atoms with Gasteiger partial charge in [0.05, 0.1) is 18.8 Å². The average Bonchev–Trinajstić information content (AvgIpc) is 2.02. The molecule has 1 heterocycles. The fraction of sp³-hybridized carbons (Fsp3) is 0.833. The van der Waals surface area contributed by atoms with Gasteiger partial charge in [-0.05, 0) is 0 Å². The molecule has 0 saturated carbocycles. The number of amides is 1. The summed E-state index contributed by atoms with van der Waals surface area (Å²) in [4.78, 5) is 10.9. The van der Waals surface area contributed by atoms with Crippen molar-refractivity contribution in [2.75, 3.05) is 13.7 Å². The molecule has 1 amide bonds. The minimum absolute atomic E-state index is 0.144. The van der Waals surface area contributed by atoms with Gasteiger partial charge in [-0.2, -0.15) is 0 Å². The van der Waals surface area contributed by atoms with Crippen LogP contribution in [0.25, 0.3) is 0 Å². The van der Waals surface area contributed by atoms with Gasteiger partial charge >= 0.3 is 0 Å². The summed E-state index contributed by atoms with van der Waals surface area (Å²) in [7, 11) is 1.50. The second-order valence-corrected chi connectivity index (χ2v) is 2.54. The van der Waals surface area contributed by atoms with Crippen LogP contribution in [0.5, 0.6) is 0 Å². The number of likely N-dealkylation sites (N-methyl/N-ethyl adjacent to an activating group) is 1. The number of hydrogen-bond donors (Lipinski definition) is 4. The lowest BCUT2D eigenvalue weighted by Gasteiger charge is -2.40. The zero-order valence-corrected chi connectivity index (χ0v) is 6.24. The number of carbonyl (C=O) groups excluding carboxylic acids is 1. The van der Waals surface area contributed by atoms with E-state index in [9.17, 15) is 9.90 Å². The predicted molar refractivity (Wildman–Crippen MR) is 37.9 cm³/mol. The highest BCUT2D eigenvalue weighted by atomic mass is 16.3. The Morgan fingerprint density at radius 3 is 2.73 bits per heavy atom. The maximum atomic E-state index is 10.9. The summed E-state index contributed by atoms with van der Waals surface area (Å²) in [5.41, 5.74) is 0. The SMILES string of the molecule is CNC(=O)C1NC(CO)C1O. The van der Waals surface area contributed by atoms with Gasteiger partial charge < -0.3 is 15.5 Å². The lowest BCUT2D eigenvalue weighted by molar-refractivity contribution is -0.132. The molecule has 1 saturated heterocycles. The molecule has 3 atom stereocenters. The number of carbonyl (C=O) groups is 1. The number of hydrogen-bond acceptors (Lipinski definition) is 4. The Hall–Kier alpha value is -0.650. The zero-order valence-electron chi connectivity index (χ0n) is 6.24. The minimum Gasteiger partial charge on any atom is -0.395 e. The van der Waals surface area contributed by atoms with Gasteiger partial charge in [0.25, 0.3) is 0 Å². The summed E-state index contributed by atoms with van der Waals surface area (Å²) in [5.74, 6) is -0.248. The van der Waals surface area contributed by atoms with E-state index in [1.54, 1.807) is 0 Å². The summed E-state index contributed by atoms with van der Waals surface area (Å²) in [6.45, 7) is -0.144. The van der Waals surface area contributed by atoms with Crippen molar-refractivity contribution in [3.63, 3.8) is 0 Å². The molecule has 0 spiro atoms. The highest BCUT2D eigenvalue weighted by Gasteiger charge is 2.42. The van der Waals surface area contributed by atoms with Crippen molar-refractivity contribution in [3.8, 4) is 0 Å². The van der Waals surface area contributed by atoms with Gasteiger partial charge in [0.2, 0.25) is 5.91 Å². The monoisotopic (exact) mass is 160 g/mol. The van der Waals surface area contributed by atoms with Gasteiger partial charge in [0, 0.05) is 7.05 Å². The molecule has 0 aromatic heterocycles. The maximum absolute atomic E-state index is 10.9. The number of nitrogens with one attached hydrogen (secondary N) is 2. The van der Waals surface area contributed by atoms with Crippen LogP contribution in [-0.2, 0) is 4.79 Å². The molecule has 0 aliphatic carbocycles. The Balaban J connectivity index is 2.38. The highest BCUT2D eigenvalue weighted by Crippen LogP contribution is 2.11. The summed E-state index contributed by atoms with van der Waals surface area (Å²) in [6, 6.07) is -0.908. The minimum atomic E-state index is -0.764. The van der Waals surface area contributed by atoms with Crippen LogP contribution in [0, 0.1) is 0 Å². The van der Waals surface area contributed by atoms with Gasteiger partial charge in [0.15, 0.2) is 0 Å². The Bertz CT molecular complexity index is 162. The normalized spacial score (nSPS) is 36.1. The Morgan fingerprint density at radius 2 is 2.36 bits per heavy atom. The van der Waals surface area contributed by atoms with E-state index in [2.05, 4.69) is 10.6 Å². The second-order valence-electron chi connectivity index (χ2n) is 2.54. The standard InChI is InChI=1S/C6H12N2O3/c1-7-6(11)4-5(10)3(2-9)8-4/h3-5,8-10H,2H2,1H3,(H,7,11). The molecular weight excluding hydrogens is 148 g/mol. The number of rotatable bonds is 2. The van der Waals surface area contributed by atoms with E-state index in [0.29, 0.717) is 0 Å². The van der Waals surface area contributed by atoms with Crippen molar-refractivity contribution in [2.24, 2.45) is 0 Å². The lowest BCUT2D eigenvalue weighted by Crippen LogP contribution is -2.71. The van der Waals surface area contributed by atoms with Crippen molar-refractivity contribution in [1.29, 1.82) is 0 Å². The first-order chi connectivity index (χ1) is 5.20. The Morgan fingerprint density at radius 1 is 1.73 bits per heavy atom. The van der Waals surface area contributed by atoms with Crippen LogP contribution in [-0.4, -0.2) is 48.0 Å². The molecule has 1 fully saturated rings. The summed E-state index contributed by atoms with van der Waals surface area (Å²) < 4.78 is 0. The van der Waals surface area contributed by atoms with Crippen molar-refractivity contribution >= 4 is 5.91 Å². The fourth-order valence-corrected chi connectivity index (χ4v) is 1.09. The quantitative estimate of drug-likeness (QED) is 0.358. The molecule has 0 radical (unpaired) electrons. The molecule has 4 N–H and O–H groups in total. The third kappa shape index (κ3) is 1.35. The van der Waals surface area contributed by atoms with Gasteiger partial charge in [-0.1, -0.05) is 0 Å². The van der Waals surface area contributed by atoms with Crippen molar-refractivity contribution in [3.05, 3.63) is 0 Å². The molecule has 0 aromatic rings. The van der Waals surface area contributed by atoms with Gasteiger partial charge in [0.1, 0.15) is 6.04 Å². The van der Waals surface area contributed by atoms with Crippen molar-refractivity contribution < 1.29 is 15.0 Å². The average molecular weight is 160 g/mol. The van der Waals surface area contributed by atoms with Gasteiger partial charge in [-0.25, -0.2) is 0 Å². The van der Waals surface area contributed by atoms with Crippen LogP contribution in [0.3, 0.4) is 0 Å². The summed E-state index contributed by atoms with van der Waals surface area (Å²) in [5, 5.41) is 22.9. The van der Waals surface area contributed by atoms with Crippen molar-refractivity contribution in [2.45, 2.75) is 18.2 Å². The predicted octanol–water partition coefficient (Wildman–Crippen LogP) is -2.57. The molecule has 1 aliphatic heterocycles. The van der Waals surface area contributed by atoms with E-state index in [4.69, 9.17) is 5.11 Å². The third-order valence-corrected chi connectivity index (χ3v) is 1.87. The smallest absolute Gasteiger partial charge is 0.239 e. The molecule has 5 heteroatoms. The van der Waals surface area contributed by atoms with Crippen LogP contribution in [0.2, 0.25) is 0 Å². The third-order valence-electron chi connectivity index (χ3n) is 1.87. The second kappa shape index (κ2) is 3.17. The molecule has 64 valence electrons. The first-order valence-corrected chi connectivity index (χ1v) is 3.47. The van der Waals surface area contributed by atoms with Crippen LogP contribution >= 0.6 is 0 Å². The molecular formula is C6H12N2O3. The summed E-state index contributed by atoms with van der Waals surface area (Å²) >= 11 is 0. The maximum Gasteiger partial charge on any atom is 0.239 e. The molecule has 3 unspecified atom stereocenters. The Kier molecular flexibility index (Phi) is 2.43. The molecule has 1 rings (SSSR count). The van der Waals surface area contributed by atoms with Crippen LogP contribution in [0.4, 0.5) is 0 Å². The van der Waals surface area contributed by atoms with E-state index >= 15 is 0 Å². The van der Waals surface area contributed by atoms with E-state index in [-0.39, 0.29) is 18.6 Å². The van der Waals surface area contributed by atoms with Crippen LogP contribution < -0.4 is 10.6 Å². The van der Waals surface area contributed by atoms with E-state index < -0.39 is 12.1 Å². The first-order valence-electron chi connectivity index (χ1n) is 3.47. The lowest BCUT2D eigenvalue weighted by atomic mass is 9.93. The molecule has 11 heavy (non-hydrogen) atoms.